The Morgan fingerprint density at radius 3 is 2.80 bits per heavy atom. The predicted molar refractivity (Wildman–Crippen MR) is 80.1 cm³/mol. The van der Waals surface area contributed by atoms with Gasteiger partial charge in [0.25, 0.3) is 5.91 Å². The lowest BCUT2D eigenvalue weighted by atomic mass is 10.2. The van der Waals surface area contributed by atoms with Crippen LogP contribution in [-0.2, 0) is 0 Å². The van der Waals surface area contributed by atoms with Crippen LogP contribution in [0.1, 0.15) is 23.0 Å². The van der Waals surface area contributed by atoms with Gasteiger partial charge in [0.15, 0.2) is 0 Å². The number of rotatable bonds is 4. The zero-order chi connectivity index (χ0) is 14.5. The van der Waals surface area contributed by atoms with Crippen LogP contribution in [0.2, 0.25) is 0 Å². The normalized spacial score (nSPS) is 10.2. The third kappa shape index (κ3) is 2.93. The van der Waals surface area contributed by atoms with Gasteiger partial charge in [-0.15, -0.1) is 0 Å². The Labute approximate surface area is 118 Å². The third-order valence-electron chi connectivity index (χ3n) is 2.98. The van der Waals surface area contributed by atoms with Gasteiger partial charge in [0, 0.05) is 19.3 Å². The second-order valence-electron chi connectivity index (χ2n) is 4.43. The van der Waals surface area contributed by atoms with Crippen LogP contribution in [0.3, 0.4) is 0 Å². The molecule has 1 N–H and O–H groups in total. The number of hydrogen-bond donors (Lipinski definition) is 1. The van der Waals surface area contributed by atoms with E-state index < -0.39 is 0 Å². The summed E-state index contributed by atoms with van der Waals surface area (Å²) in [5, 5.41) is 2.88. The number of hydrogen-bond acceptors (Lipinski definition) is 4. The summed E-state index contributed by atoms with van der Waals surface area (Å²) in [7, 11) is 1.75. The van der Waals surface area contributed by atoms with Crippen molar-refractivity contribution in [1.29, 1.82) is 0 Å². The molecule has 0 saturated heterocycles. The molecule has 20 heavy (non-hydrogen) atoms. The minimum atomic E-state index is -0.150. The summed E-state index contributed by atoms with van der Waals surface area (Å²) in [6, 6.07) is 7.85. The topological polar surface area (TPSA) is 58.1 Å². The Bertz CT molecular complexity index is 612. The first kappa shape index (κ1) is 14.0. The van der Waals surface area contributed by atoms with E-state index in [1.54, 1.807) is 18.1 Å². The minimum absolute atomic E-state index is 0.150. The molecule has 0 spiro atoms. The van der Waals surface area contributed by atoms with Crippen LogP contribution < -0.4 is 10.2 Å². The Morgan fingerprint density at radius 2 is 2.15 bits per heavy atom. The van der Waals surface area contributed by atoms with Crippen LogP contribution in [-0.4, -0.2) is 29.5 Å². The number of aromatic nitrogens is 2. The van der Waals surface area contributed by atoms with Crippen LogP contribution in [0, 0.1) is 6.92 Å². The van der Waals surface area contributed by atoms with E-state index in [0.29, 0.717) is 18.1 Å². The van der Waals surface area contributed by atoms with Gasteiger partial charge < -0.3 is 10.2 Å². The van der Waals surface area contributed by atoms with Crippen LogP contribution in [0.15, 0.2) is 36.7 Å². The van der Waals surface area contributed by atoms with Crippen LogP contribution >= 0.6 is 0 Å². The quantitative estimate of drug-likeness (QED) is 0.927. The molecule has 5 heteroatoms. The summed E-state index contributed by atoms with van der Waals surface area (Å²) in [4.78, 5) is 22.5. The first-order chi connectivity index (χ1) is 9.65. The Kier molecular flexibility index (Phi) is 4.30. The van der Waals surface area contributed by atoms with E-state index >= 15 is 0 Å². The van der Waals surface area contributed by atoms with Crippen LogP contribution in [0.5, 0.6) is 0 Å². The molecule has 2 aromatic rings. The van der Waals surface area contributed by atoms with E-state index in [2.05, 4.69) is 15.3 Å². The van der Waals surface area contributed by atoms with Gasteiger partial charge in [0.2, 0.25) is 0 Å². The molecule has 2 rings (SSSR count). The minimum Gasteiger partial charge on any atom is -0.372 e. The molecule has 0 saturated carbocycles. The van der Waals surface area contributed by atoms with E-state index in [1.165, 1.54) is 6.20 Å². The largest absolute Gasteiger partial charge is 0.372 e. The summed E-state index contributed by atoms with van der Waals surface area (Å²) in [5.41, 5.74) is 2.32. The predicted octanol–water partition coefficient (Wildman–Crippen LogP) is 2.49. The van der Waals surface area contributed by atoms with Crippen molar-refractivity contribution in [2.24, 2.45) is 0 Å². The second kappa shape index (κ2) is 6.14. The number of aryl methyl sites for hydroxylation is 1. The van der Waals surface area contributed by atoms with Crippen molar-refractivity contribution in [3.63, 3.8) is 0 Å². The maximum atomic E-state index is 12.6. The van der Waals surface area contributed by atoms with Gasteiger partial charge in [-0.1, -0.05) is 12.1 Å². The fraction of sp³-hybridized carbons (Fsp3) is 0.267. The van der Waals surface area contributed by atoms with E-state index in [0.717, 1.165) is 11.3 Å². The highest BCUT2D eigenvalue weighted by Crippen LogP contribution is 2.18. The fourth-order valence-electron chi connectivity index (χ4n) is 1.97. The number of nitrogens with zero attached hydrogens (tertiary/aromatic N) is 3. The lowest BCUT2D eigenvalue weighted by Gasteiger charge is -2.21. The Balaban J connectivity index is 2.33. The summed E-state index contributed by atoms with van der Waals surface area (Å²) in [5.74, 6) is 0.429. The van der Waals surface area contributed by atoms with Gasteiger partial charge in [0.05, 0.1) is 12.4 Å². The molecule has 1 aromatic heterocycles. The highest BCUT2D eigenvalue weighted by Gasteiger charge is 2.18. The van der Waals surface area contributed by atoms with Crippen molar-refractivity contribution in [2.75, 3.05) is 23.8 Å². The smallest absolute Gasteiger partial charge is 0.278 e. The zero-order valence-corrected chi connectivity index (χ0v) is 11.9. The van der Waals surface area contributed by atoms with Gasteiger partial charge in [-0.05, 0) is 31.5 Å². The van der Waals surface area contributed by atoms with Gasteiger partial charge >= 0.3 is 0 Å². The second-order valence-corrected chi connectivity index (χ2v) is 4.43. The highest BCUT2D eigenvalue weighted by atomic mass is 16.2. The van der Waals surface area contributed by atoms with E-state index in [9.17, 15) is 4.79 Å². The lowest BCUT2D eigenvalue weighted by Crippen LogP contribution is -2.31. The van der Waals surface area contributed by atoms with E-state index in [-0.39, 0.29) is 5.91 Å². The number of carbonyl (C=O) groups is 1. The van der Waals surface area contributed by atoms with Crippen molar-refractivity contribution < 1.29 is 4.79 Å². The molecule has 0 unspecified atom stereocenters. The van der Waals surface area contributed by atoms with E-state index in [1.807, 2.05) is 38.1 Å². The van der Waals surface area contributed by atoms with Crippen LogP contribution in [0.4, 0.5) is 11.5 Å². The monoisotopic (exact) mass is 270 g/mol. The number of anilines is 2. The first-order valence-electron chi connectivity index (χ1n) is 6.54. The van der Waals surface area contributed by atoms with Gasteiger partial charge in [-0.25, -0.2) is 4.98 Å². The van der Waals surface area contributed by atoms with Gasteiger partial charge in [-0.2, -0.15) is 0 Å². The molecule has 1 amide bonds. The molecule has 0 bridgehead atoms. The number of amides is 1. The summed E-state index contributed by atoms with van der Waals surface area (Å²) >= 11 is 0. The molecular formula is C15H18N4O. The Morgan fingerprint density at radius 1 is 1.35 bits per heavy atom. The molecule has 1 heterocycles. The summed E-state index contributed by atoms with van der Waals surface area (Å²) in [6.45, 7) is 4.52. The molecule has 5 nitrogen and oxygen atoms in total. The molecule has 0 atom stereocenters. The fourth-order valence-corrected chi connectivity index (χ4v) is 1.97. The van der Waals surface area contributed by atoms with Crippen molar-refractivity contribution >= 4 is 17.4 Å². The van der Waals surface area contributed by atoms with Gasteiger partial charge in [-0.3, -0.25) is 9.78 Å². The summed E-state index contributed by atoms with van der Waals surface area (Å²) < 4.78 is 0. The maximum Gasteiger partial charge on any atom is 0.278 e. The molecule has 1 aromatic carbocycles. The third-order valence-corrected chi connectivity index (χ3v) is 2.98. The standard InChI is InChI=1S/C15H18N4O/c1-4-19(12-7-5-6-11(2)8-12)15(20)13-9-17-10-14(16-3)18-13/h5-10H,4H2,1-3H3,(H,16,18). The zero-order valence-electron chi connectivity index (χ0n) is 11.9. The lowest BCUT2D eigenvalue weighted by molar-refractivity contribution is 0.0983. The number of nitrogens with one attached hydrogen (secondary N) is 1. The first-order valence-corrected chi connectivity index (χ1v) is 6.54. The van der Waals surface area contributed by atoms with Crippen LogP contribution in [0.25, 0.3) is 0 Å². The molecule has 0 aliphatic rings. The maximum absolute atomic E-state index is 12.6. The average Bonchev–Trinajstić information content (AvgIpc) is 2.48. The molecule has 104 valence electrons. The average molecular weight is 270 g/mol. The number of carbonyl (C=O) groups excluding carboxylic acids is 1. The van der Waals surface area contributed by atoms with E-state index in [4.69, 9.17) is 0 Å². The Hall–Kier alpha value is -2.43. The molecule has 0 aliphatic heterocycles. The van der Waals surface area contributed by atoms with Crippen molar-refractivity contribution in [1.82, 2.24) is 9.97 Å². The van der Waals surface area contributed by atoms with Crippen molar-refractivity contribution in [3.8, 4) is 0 Å². The number of benzene rings is 1. The van der Waals surface area contributed by atoms with Crippen molar-refractivity contribution in [2.45, 2.75) is 13.8 Å². The summed E-state index contributed by atoms with van der Waals surface area (Å²) in [6.07, 6.45) is 3.07. The molecule has 0 aliphatic carbocycles. The van der Waals surface area contributed by atoms with Crippen molar-refractivity contribution in [3.05, 3.63) is 47.9 Å². The molecule has 0 radical (unpaired) electrons. The molecule has 0 fully saturated rings. The van der Waals surface area contributed by atoms with Gasteiger partial charge in [0.1, 0.15) is 11.5 Å². The SMILES string of the molecule is CCN(C(=O)c1cncc(NC)n1)c1cccc(C)c1. The highest BCUT2D eigenvalue weighted by molar-refractivity contribution is 6.04. The molecular weight excluding hydrogens is 252 g/mol.